The molecule has 0 amide bonds. The smallest absolute Gasteiger partial charge is 0.457 e. The number of aliphatic hydroxyl groups excluding tert-OH is 5. The van der Waals surface area contributed by atoms with E-state index in [9.17, 15) is 39.8 Å². The number of rotatable bonds is 44. The normalized spacial score (nSPS) is 22.0. The van der Waals surface area contributed by atoms with Gasteiger partial charge in [-0.3, -0.25) is 13.8 Å². The summed E-state index contributed by atoms with van der Waals surface area (Å²) < 4.78 is 34.2. The summed E-state index contributed by atoms with van der Waals surface area (Å²) in [7, 11) is -5.01. The van der Waals surface area contributed by atoms with Gasteiger partial charge in [-0.25, -0.2) is 4.57 Å². The molecule has 0 aromatic carbocycles. The van der Waals surface area contributed by atoms with Crippen molar-refractivity contribution >= 4 is 13.8 Å². The molecule has 0 aromatic heterocycles. The molecule has 0 bridgehead atoms. The van der Waals surface area contributed by atoms with E-state index in [1.807, 2.05) is 0 Å². The maximum Gasteiger partial charge on any atom is 0.472 e. The van der Waals surface area contributed by atoms with E-state index in [4.69, 9.17) is 18.5 Å². The zero-order valence-corrected chi connectivity index (χ0v) is 39.9. The summed E-state index contributed by atoms with van der Waals surface area (Å²) in [6.07, 6.45) is 30.3. The fourth-order valence-electron chi connectivity index (χ4n) is 8.18. The first-order valence-corrected chi connectivity index (χ1v) is 26.9. The quantitative estimate of drug-likeness (QED) is 0.0193. The zero-order valence-electron chi connectivity index (χ0n) is 39.0. The van der Waals surface area contributed by atoms with Gasteiger partial charge in [-0.15, -0.1) is 0 Å². The molecule has 6 unspecified atom stereocenters. The lowest BCUT2D eigenvalue weighted by atomic mass is 9.85. The maximum absolute atomic E-state index is 12.8. The van der Waals surface area contributed by atoms with Crippen LogP contribution < -0.4 is 0 Å². The third-order valence-corrected chi connectivity index (χ3v) is 13.2. The Balaban J connectivity index is 2.29. The van der Waals surface area contributed by atoms with E-state index >= 15 is 0 Å². The van der Waals surface area contributed by atoms with Crippen LogP contribution in [0.1, 0.15) is 239 Å². The molecule has 13 heteroatoms. The number of hydrogen-bond donors (Lipinski definition) is 6. The van der Waals surface area contributed by atoms with Crippen molar-refractivity contribution in [3.63, 3.8) is 0 Å². The SMILES string of the molecule is CCCCCCCCCCCCCCCCCCCCCCCCC(=O)O[C@H](COCCCCCCCCCCCCCC)COP(=O)(O)OC1C(O)C(O)C(O)[C@@H](O)C1O. The molecule has 1 fully saturated rings. The van der Waals surface area contributed by atoms with Crippen molar-refractivity contribution in [3.8, 4) is 0 Å². The second-order valence-corrected chi connectivity index (χ2v) is 19.4. The van der Waals surface area contributed by atoms with Crippen molar-refractivity contribution in [2.45, 2.75) is 281 Å². The average molecular weight is 895 g/mol. The molecule has 12 nitrogen and oxygen atoms in total. The molecule has 61 heavy (non-hydrogen) atoms. The molecule has 1 saturated carbocycles. The third kappa shape index (κ3) is 31.8. The zero-order chi connectivity index (χ0) is 44.8. The van der Waals surface area contributed by atoms with Gasteiger partial charge in [0.1, 0.15) is 42.7 Å². The van der Waals surface area contributed by atoms with Crippen LogP contribution in [0.4, 0.5) is 0 Å². The molecule has 1 rings (SSSR count). The molecule has 6 N–H and O–H groups in total. The maximum atomic E-state index is 12.8. The Hall–Kier alpha value is -0.660. The highest BCUT2D eigenvalue weighted by atomic mass is 31.2. The number of hydrogen-bond acceptors (Lipinski definition) is 11. The Kier molecular flexibility index (Phi) is 38.0. The Morgan fingerprint density at radius 1 is 0.459 bits per heavy atom. The highest BCUT2D eigenvalue weighted by molar-refractivity contribution is 7.47. The minimum absolute atomic E-state index is 0.0680. The molecule has 0 spiro atoms. The fourth-order valence-corrected chi connectivity index (χ4v) is 9.15. The Morgan fingerprint density at radius 2 is 0.770 bits per heavy atom. The number of ether oxygens (including phenoxy) is 2. The molecule has 1 aliphatic rings. The highest BCUT2D eigenvalue weighted by Crippen LogP contribution is 2.47. The van der Waals surface area contributed by atoms with Gasteiger partial charge in [0, 0.05) is 13.0 Å². The van der Waals surface area contributed by atoms with Crippen LogP contribution in [-0.2, 0) is 27.9 Å². The Morgan fingerprint density at radius 3 is 1.13 bits per heavy atom. The van der Waals surface area contributed by atoms with Crippen molar-refractivity contribution in [3.05, 3.63) is 0 Å². The number of phosphoric acid groups is 1. The van der Waals surface area contributed by atoms with Gasteiger partial charge in [-0.2, -0.15) is 0 Å². The highest BCUT2D eigenvalue weighted by Gasteiger charge is 2.51. The molecule has 0 saturated heterocycles. The average Bonchev–Trinajstić information content (AvgIpc) is 3.24. The summed E-state index contributed by atoms with van der Waals surface area (Å²) in [5.41, 5.74) is 0. The molecular weight excluding hydrogens is 799 g/mol. The lowest BCUT2D eigenvalue weighted by Crippen LogP contribution is -2.64. The number of unbranched alkanes of at least 4 members (excludes halogenated alkanes) is 32. The summed E-state index contributed by atoms with van der Waals surface area (Å²) in [5.74, 6) is -0.470. The number of phosphoric ester groups is 1. The van der Waals surface area contributed by atoms with Gasteiger partial charge in [-0.1, -0.05) is 219 Å². The van der Waals surface area contributed by atoms with Gasteiger partial charge in [-0.05, 0) is 12.8 Å². The second-order valence-electron chi connectivity index (χ2n) is 18.0. The first-order valence-electron chi connectivity index (χ1n) is 25.4. The van der Waals surface area contributed by atoms with E-state index in [1.54, 1.807) is 0 Å². The van der Waals surface area contributed by atoms with Crippen molar-refractivity contribution in [2.24, 2.45) is 0 Å². The number of carbonyl (C=O) groups excluding carboxylic acids is 1. The van der Waals surface area contributed by atoms with E-state index in [2.05, 4.69) is 13.8 Å². The number of carbonyl (C=O) groups is 1. The molecule has 0 aliphatic heterocycles. The van der Waals surface area contributed by atoms with Crippen LogP contribution in [0.5, 0.6) is 0 Å². The van der Waals surface area contributed by atoms with Crippen molar-refractivity contribution < 1.29 is 58.3 Å². The van der Waals surface area contributed by atoms with Crippen molar-refractivity contribution in [1.29, 1.82) is 0 Å². The first-order chi connectivity index (χ1) is 29.5. The van der Waals surface area contributed by atoms with E-state index in [1.165, 1.54) is 173 Å². The monoisotopic (exact) mass is 895 g/mol. The van der Waals surface area contributed by atoms with Crippen LogP contribution in [0.3, 0.4) is 0 Å². The fraction of sp³-hybridized carbons (Fsp3) is 0.979. The van der Waals surface area contributed by atoms with Crippen LogP contribution >= 0.6 is 7.82 Å². The van der Waals surface area contributed by atoms with Gasteiger partial charge in [0.25, 0.3) is 0 Å². The van der Waals surface area contributed by atoms with E-state index in [0.717, 1.165) is 38.5 Å². The van der Waals surface area contributed by atoms with Gasteiger partial charge in [0.15, 0.2) is 0 Å². The van der Waals surface area contributed by atoms with Crippen LogP contribution in [-0.4, -0.2) is 98.9 Å². The number of aliphatic hydroxyl groups is 5. The molecule has 8 atom stereocenters. The molecule has 0 heterocycles. The Labute approximate surface area is 372 Å². The van der Waals surface area contributed by atoms with Gasteiger partial charge >= 0.3 is 13.8 Å². The largest absolute Gasteiger partial charge is 0.472 e. The Bertz CT molecular complexity index is 1020. The van der Waals surface area contributed by atoms with Gasteiger partial charge in [0.05, 0.1) is 13.2 Å². The van der Waals surface area contributed by atoms with Crippen LogP contribution in [0.2, 0.25) is 0 Å². The summed E-state index contributed by atoms with van der Waals surface area (Å²) in [6, 6.07) is 0. The molecular formula is C48H95O12P. The van der Waals surface area contributed by atoms with Crippen LogP contribution in [0.15, 0.2) is 0 Å². The van der Waals surface area contributed by atoms with Crippen LogP contribution in [0.25, 0.3) is 0 Å². The standard InChI is InChI=1S/C48H95O12P/c1-3-5-7-9-11-13-15-17-18-19-20-21-22-23-24-25-26-27-29-31-33-35-37-42(49)59-41(39-57-38-36-34-32-30-28-16-14-12-10-8-6-4-2)40-58-61(55,56)60-48-46(53)44(51)43(50)45(52)47(48)54/h41,43-48,50-54H,3-40H2,1-2H3,(H,55,56)/t41-,43?,44-,45?,46?,47?,48?/m1/s1. The minimum atomic E-state index is -5.01. The van der Waals surface area contributed by atoms with Crippen LogP contribution in [0, 0.1) is 0 Å². The predicted molar refractivity (Wildman–Crippen MR) is 244 cm³/mol. The molecule has 0 radical (unpaired) electrons. The first kappa shape index (κ1) is 58.4. The lowest BCUT2D eigenvalue weighted by Gasteiger charge is -2.41. The minimum Gasteiger partial charge on any atom is -0.457 e. The summed E-state index contributed by atoms with van der Waals surface area (Å²) >= 11 is 0. The second kappa shape index (κ2) is 39.7. The third-order valence-electron chi connectivity index (χ3n) is 12.2. The summed E-state index contributed by atoms with van der Waals surface area (Å²) in [6.45, 7) is 4.30. The van der Waals surface area contributed by atoms with Gasteiger partial charge < -0.3 is 39.9 Å². The van der Waals surface area contributed by atoms with Crippen molar-refractivity contribution in [2.75, 3.05) is 19.8 Å². The molecule has 0 aromatic rings. The molecule has 1 aliphatic carbocycles. The lowest BCUT2D eigenvalue weighted by molar-refractivity contribution is -0.220. The topological polar surface area (TPSA) is 192 Å². The van der Waals surface area contributed by atoms with Gasteiger partial charge in [0.2, 0.25) is 0 Å². The molecule has 364 valence electrons. The van der Waals surface area contributed by atoms with E-state index in [-0.39, 0.29) is 13.0 Å². The summed E-state index contributed by atoms with van der Waals surface area (Å²) in [4.78, 5) is 23.2. The van der Waals surface area contributed by atoms with E-state index < -0.39 is 63.1 Å². The number of esters is 1. The summed E-state index contributed by atoms with van der Waals surface area (Å²) in [5, 5.41) is 50.2. The predicted octanol–water partition coefficient (Wildman–Crippen LogP) is 10.9. The van der Waals surface area contributed by atoms with Crippen molar-refractivity contribution in [1.82, 2.24) is 0 Å². The van der Waals surface area contributed by atoms with E-state index in [0.29, 0.717) is 13.0 Å².